The molecule has 0 unspecified atom stereocenters. The molecule has 0 aliphatic carbocycles. The van der Waals surface area contributed by atoms with Gasteiger partial charge in [-0.25, -0.2) is 0 Å². The summed E-state index contributed by atoms with van der Waals surface area (Å²) in [5.74, 6) is 0. The van der Waals surface area contributed by atoms with Gasteiger partial charge in [-0.1, -0.05) is 111 Å². The summed E-state index contributed by atoms with van der Waals surface area (Å²) >= 11 is 0. The number of aromatic nitrogens is 2. The van der Waals surface area contributed by atoms with Gasteiger partial charge in [0.05, 0.1) is 78.3 Å². The van der Waals surface area contributed by atoms with Crippen molar-refractivity contribution in [2.24, 2.45) is 0 Å². The molecule has 388 valence electrons. The summed E-state index contributed by atoms with van der Waals surface area (Å²) in [6, 6.07) is 44.7. The predicted octanol–water partition coefficient (Wildman–Crippen LogP) is 19.3. The first-order valence-corrected chi connectivity index (χ1v) is 24.2. The van der Waals surface area contributed by atoms with Crippen LogP contribution >= 0.6 is 0 Å². The fourth-order valence-corrected chi connectivity index (χ4v) is 11.4. The minimum atomic E-state index is -4.97. The van der Waals surface area contributed by atoms with Crippen molar-refractivity contribution < 1.29 is 52.7 Å². The smallest absolute Gasteiger partial charge is 0.306 e. The molecular formula is C62H36F12N4. The molecule has 0 saturated carbocycles. The summed E-state index contributed by atoms with van der Waals surface area (Å²) in [6.07, 6.45) is -19.9. The molecule has 11 aromatic rings. The third kappa shape index (κ3) is 7.68. The van der Waals surface area contributed by atoms with Crippen molar-refractivity contribution in [3.63, 3.8) is 0 Å². The van der Waals surface area contributed by atoms with E-state index in [1.54, 1.807) is 72.8 Å². The van der Waals surface area contributed by atoms with Crippen LogP contribution in [0.3, 0.4) is 0 Å². The fraction of sp³-hybridized carbons (Fsp3) is 0.113. The third-order valence-corrected chi connectivity index (χ3v) is 14.8. The number of nitriles is 1. The van der Waals surface area contributed by atoms with E-state index in [9.17, 15) is 57.9 Å². The minimum Gasteiger partial charge on any atom is -0.306 e. The van der Waals surface area contributed by atoms with Crippen LogP contribution in [0.1, 0.15) is 52.8 Å². The maximum atomic E-state index is 14.8. The Morgan fingerprint density at radius 3 is 0.962 bits per heavy atom. The van der Waals surface area contributed by atoms with Crippen LogP contribution in [-0.4, -0.2) is 9.13 Å². The van der Waals surface area contributed by atoms with Gasteiger partial charge in [0.2, 0.25) is 0 Å². The van der Waals surface area contributed by atoms with Crippen molar-refractivity contribution in [3.8, 4) is 39.7 Å². The number of nitrogens with zero attached hydrogens (tertiary/aromatic N) is 4. The van der Waals surface area contributed by atoms with Gasteiger partial charge in [0, 0.05) is 38.1 Å². The molecule has 12 rings (SSSR count). The Morgan fingerprint density at radius 1 is 0.372 bits per heavy atom. The summed E-state index contributed by atoms with van der Waals surface area (Å²) in [7, 11) is 0. The van der Waals surface area contributed by atoms with Crippen LogP contribution in [0.15, 0.2) is 182 Å². The van der Waals surface area contributed by atoms with Gasteiger partial charge in [-0.2, -0.15) is 57.9 Å². The van der Waals surface area contributed by atoms with Gasteiger partial charge in [0.15, 0.2) is 0 Å². The largest absolute Gasteiger partial charge is 0.416 e. The van der Waals surface area contributed by atoms with Crippen LogP contribution in [-0.2, 0) is 30.1 Å². The van der Waals surface area contributed by atoms with Gasteiger partial charge in [-0.15, -0.1) is 0 Å². The van der Waals surface area contributed by atoms with Crippen molar-refractivity contribution in [3.05, 3.63) is 221 Å². The lowest BCUT2D eigenvalue weighted by molar-refractivity contribution is -0.138. The van der Waals surface area contributed by atoms with Crippen LogP contribution in [0.5, 0.6) is 0 Å². The Balaban J connectivity index is 1.43. The van der Waals surface area contributed by atoms with E-state index in [1.165, 1.54) is 9.13 Å². The van der Waals surface area contributed by atoms with E-state index >= 15 is 0 Å². The summed E-state index contributed by atoms with van der Waals surface area (Å²) in [5, 5.41) is 11.0. The number of para-hydroxylation sites is 2. The van der Waals surface area contributed by atoms with E-state index in [4.69, 9.17) is 0 Å². The summed E-state index contributed by atoms with van der Waals surface area (Å²) in [6.45, 7) is 4.00. The molecular weight excluding hydrogens is 1030 g/mol. The molecule has 0 fully saturated rings. The fourth-order valence-electron chi connectivity index (χ4n) is 11.4. The zero-order valence-electron chi connectivity index (χ0n) is 40.6. The number of fused-ring (bicyclic) bond motifs is 8. The first kappa shape index (κ1) is 49.9. The number of hydrogen-bond donors (Lipinski definition) is 0. The lowest BCUT2D eigenvalue weighted by Crippen LogP contribution is -2.32. The quantitative estimate of drug-likeness (QED) is 0.161. The second kappa shape index (κ2) is 17.3. The average molecular weight is 1060 g/mol. The lowest BCUT2D eigenvalue weighted by Gasteiger charge is -2.44. The first-order chi connectivity index (χ1) is 37.0. The van der Waals surface area contributed by atoms with E-state index in [1.807, 2.05) is 55.1 Å². The van der Waals surface area contributed by atoms with Crippen molar-refractivity contribution in [2.45, 2.75) is 44.0 Å². The van der Waals surface area contributed by atoms with Crippen molar-refractivity contribution in [2.75, 3.05) is 4.90 Å². The second-order valence-corrected chi connectivity index (χ2v) is 19.6. The second-order valence-electron chi connectivity index (χ2n) is 19.6. The molecule has 16 heteroatoms. The predicted molar refractivity (Wildman–Crippen MR) is 278 cm³/mol. The van der Waals surface area contributed by atoms with Crippen LogP contribution in [0.4, 0.5) is 69.7 Å². The van der Waals surface area contributed by atoms with Crippen LogP contribution < -0.4 is 4.90 Å². The molecule has 0 N–H and O–H groups in total. The molecule has 9 aromatic carbocycles. The molecule has 0 radical (unpaired) electrons. The molecule has 0 saturated heterocycles. The van der Waals surface area contributed by atoms with Gasteiger partial charge >= 0.3 is 24.7 Å². The van der Waals surface area contributed by atoms with E-state index < -0.39 is 52.4 Å². The highest BCUT2D eigenvalue weighted by Gasteiger charge is 2.43. The molecule has 78 heavy (non-hydrogen) atoms. The van der Waals surface area contributed by atoms with Gasteiger partial charge in [-0.3, -0.25) is 0 Å². The summed E-state index contributed by atoms with van der Waals surface area (Å²) < 4.78 is 181. The highest BCUT2D eigenvalue weighted by molar-refractivity contribution is 6.16. The molecule has 1 aliphatic heterocycles. The Labute approximate surface area is 435 Å². The SMILES string of the molecule is CC1(C)c2ccccc2N(c2c(-n3c4ccc(C(F)(F)F)cc4c4cc(C(F)(F)F)ccc43)c(-c3ccccc3)c(C#N)c(-c3ccccc3)c2-n2c3ccc(C(F)(F)F)cc3c3cc(C(F)(F)F)ccc32)c2ccccc21. The summed E-state index contributed by atoms with van der Waals surface area (Å²) in [5.41, 5.74) is -2.14. The standard InChI is InChI=1S/C62H36F12N4/c1-58(2)45-17-9-11-19-51(45)78(52-20-12-10-18-46(52)58)57-55(76-47-25-21-36(59(63,64)65)29-40(47)41-30-37(60(66,67)68)22-26-48(41)76)53(34-13-5-3-6-14-34)44(33-75)54(35-15-7-4-8-16-35)56(57)77-49-27-23-38(61(69,70)71)31-42(49)43-32-39(62(72,73)74)24-28-50(43)77/h3-32H,1-2H3. The van der Waals surface area contributed by atoms with E-state index in [0.717, 1.165) is 83.9 Å². The van der Waals surface area contributed by atoms with Crippen LogP contribution in [0, 0.1) is 11.3 Å². The van der Waals surface area contributed by atoms with E-state index in [0.29, 0.717) is 22.5 Å². The monoisotopic (exact) mass is 1060 g/mol. The molecule has 0 bridgehead atoms. The van der Waals surface area contributed by atoms with Gasteiger partial charge in [-0.05, 0) is 107 Å². The van der Waals surface area contributed by atoms with E-state index in [-0.39, 0.29) is 77.4 Å². The van der Waals surface area contributed by atoms with Gasteiger partial charge in [0.25, 0.3) is 0 Å². The van der Waals surface area contributed by atoms with Crippen molar-refractivity contribution >= 4 is 60.7 Å². The minimum absolute atomic E-state index is 0.0186. The number of alkyl halides is 12. The number of hydrogen-bond acceptors (Lipinski definition) is 2. The van der Waals surface area contributed by atoms with Crippen LogP contribution in [0.2, 0.25) is 0 Å². The Hall–Kier alpha value is -8.97. The Kier molecular flexibility index (Phi) is 11.0. The number of benzene rings is 9. The van der Waals surface area contributed by atoms with Crippen molar-refractivity contribution in [1.29, 1.82) is 5.26 Å². The highest BCUT2D eigenvalue weighted by atomic mass is 19.4. The molecule has 3 heterocycles. The topological polar surface area (TPSA) is 36.9 Å². The maximum Gasteiger partial charge on any atom is 0.416 e. The number of rotatable bonds is 5. The normalized spacial score (nSPS) is 13.8. The molecule has 0 atom stereocenters. The van der Waals surface area contributed by atoms with Gasteiger partial charge in [0.1, 0.15) is 6.07 Å². The van der Waals surface area contributed by atoms with Crippen LogP contribution in [0.25, 0.3) is 77.2 Å². The third-order valence-electron chi connectivity index (χ3n) is 14.8. The summed E-state index contributed by atoms with van der Waals surface area (Å²) in [4.78, 5) is 1.86. The Morgan fingerprint density at radius 2 is 0.667 bits per heavy atom. The zero-order chi connectivity index (χ0) is 55.0. The lowest BCUT2D eigenvalue weighted by atomic mass is 9.73. The molecule has 1 aliphatic rings. The number of anilines is 3. The van der Waals surface area contributed by atoms with Gasteiger partial charge < -0.3 is 14.0 Å². The zero-order valence-corrected chi connectivity index (χ0v) is 40.6. The first-order valence-electron chi connectivity index (χ1n) is 24.2. The molecule has 4 nitrogen and oxygen atoms in total. The average Bonchev–Trinajstić information content (AvgIpc) is 3.42. The van der Waals surface area contributed by atoms with Crippen molar-refractivity contribution in [1.82, 2.24) is 9.13 Å². The Bertz CT molecular complexity index is 3900. The maximum absolute atomic E-state index is 14.8. The molecule has 0 spiro atoms. The molecule has 0 amide bonds. The highest BCUT2D eigenvalue weighted by Crippen LogP contribution is 2.60. The number of halogens is 12. The molecule has 2 aromatic heterocycles. The van der Waals surface area contributed by atoms with E-state index in [2.05, 4.69) is 6.07 Å².